The smallest absolute Gasteiger partial charge is 0.309 e. The van der Waals surface area contributed by atoms with E-state index >= 15 is 0 Å². The van der Waals surface area contributed by atoms with Crippen LogP contribution in [0.4, 0.5) is 0 Å². The average Bonchev–Trinajstić information content (AvgIpc) is 2.72. The number of carbonyl (C=O) groups excluding carboxylic acids is 2. The van der Waals surface area contributed by atoms with Gasteiger partial charge in [0, 0.05) is 0 Å². The molecule has 0 radical (unpaired) electrons. The van der Waals surface area contributed by atoms with E-state index in [0.29, 0.717) is 0 Å². The molecular weight excluding hydrogens is 260 g/mol. The van der Waals surface area contributed by atoms with Gasteiger partial charge >= 0.3 is 5.97 Å². The fourth-order valence-corrected chi connectivity index (χ4v) is 2.44. The molecule has 0 aliphatic rings. The van der Waals surface area contributed by atoms with Gasteiger partial charge in [-0.25, -0.2) is 0 Å². The van der Waals surface area contributed by atoms with Crippen LogP contribution in [0.1, 0.15) is 56.3 Å². The van der Waals surface area contributed by atoms with E-state index in [-0.39, 0.29) is 17.7 Å². The van der Waals surface area contributed by atoms with Crippen LogP contribution < -0.4 is 0 Å². The average molecular weight is 282 g/mol. The molecule has 3 nitrogen and oxygen atoms in total. The van der Waals surface area contributed by atoms with Gasteiger partial charge in [-0.05, 0) is 57.5 Å². The van der Waals surface area contributed by atoms with Crippen LogP contribution in [0.3, 0.4) is 0 Å². The lowest BCUT2D eigenvalue weighted by atomic mass is 10.0. The van der Waals surface area contributed by atoms with Crippen molar-refractivity contribution >= 4 is 23.1 Å². The number of ether oxygens (including phenoxy) is 1. The molecule has 0 spiro atoms. The molecule has 0 fully saturated rings. The van der Waals surface area contributed by atoms with Gasteiger partial charge in [0.1, 0.15) is 5.60 Å². The topological polar surface area (TPSA) is 43.4 Å². The third kappa shape index (κ3) is 5.55. The molecule has 0 N–H and O–H groups in total. The Morgan fingerprint density at radius 3 is 2.47 bits per heavy atom. The lowest BCUT2D eigenvalue weighted by molar-refractivity contribution is -0.159. The van der Waals surface area contributed by atoms with E-state index in [1.54, 1.807) is 6.92 Å². The highest BCUT2D eigenvalue weighted by Gasteiger charge is 2.21. The second-order valence-corrected chi connectivity index (χ2v) is 6.76. The number of esters is 1. The quantitative estimate of drug-likeness (QED) is 0.608. The Hall–Kier alpha value is -1.16. The van der Waals surface area contributed by atoms with Crippen molar-refractivity contribution in [3.63, 3.8) is 0 Å². The van der Waals surface area contributed by atoms with Gasteiger partial charge < -0.3 is 4.74 Å². The van der Waals surface area contributed by atoms with E-state index in [4.69, 9.17) is 4.74 Å². The molecule has 0 aliphatic carbocycles. The van der Waals surface area contributed by atoms with Gasteiger partial charge in [-0.15, -0.1) is 11.3 Å². The van der Waals surface area contributed by atoms with E-state index in [2.05, 4.69) is 0 Å². The summed E-state index contributed by atoms with van der Waals surface area (Å²) in [6.07, 6.45) is 1.53. The molecule has 0 aliphatic heterocycles. The zero-order valence-corrected chi connectivity index (χ0v) is 13.1. The standard InChI is InChI=1S/C15H22O3S/c1-10(14(17)18-15(3,4)5)6-7-12-8-13(11(2)16)19-9-12/h8-10H,6-7H2,1-5H3/t10-/m0/s1. The van der Waals surface area contributed by atoms with E-state index in [1.807, 2.05) is 39.1 Å². The molecular formula is C15H22O3S. The fraction of sp³-hybridized carbons (Fsp3) is 0.600. The molecule has 106 valence electrons. The molecule has 1 heterocycles. The summed E-state index contributed by atoms with van der Waals surface area (Å²) in [5, 5.41) is 1.98. The number of thiophene rings is 1. The van der Waals surface area contributed by atoms with Crippen molar-refractivity contribution in [2.24, 2.45) is 5.92 Å². The molecule has 1 aromatic heterocycles. The van der Waals surface area contributed by atoms with Crippen molar-refractivity contribution in [3.05, 3.63) is 21.9 Å². The fourth-order valence-electron chi connectivity index (χ4n) is 1.59. The molecule has 4 heteroatoms. The van der Waals surface area contributed by atoms with E-state index in [1.165, 1.54) is 11.3 Å². The van der Waals surface area contributed by atoms with Crippen LogP contribution >= 0.6 is 11.3 Å². The Labute approximate surface area is 119 Å². The minimum Gasteiger partial charge on any atom is -0.460 e. The minimum atomic E-state index is -0.435. The summed E-state index contributed by atoms with van der Waals surface area (Å²) in [7, 11) is 0. The molecule has 1 aromatic rings. The summed E-state index contributed by atoms with van der Waals surface area (Å²) in [5.74, 6) is -0.189. The summed E-state index contributed by atoms with van der Waals surface area (Å²) < 4.78 is 5.34. The molecule has 19 heavy (non-hydrogen) atoms. The largest absolute Gasteiger partial charge is 0.460 e. The predicted molar refractivity (Wildman–Crippen MR) is 77.7 cm³/mol. The van der Waals surface area contributed by atoms with Crippen LogP contribution in [0.25, 0.3) is 0 Å². The zero-order valence-electron chi connectivity index (χ0n) is 12.3. The first kappa shape index (κ1) is 15.9. The van der Waals surface area contributed by atoms with Crippen LogP contribution in [0.5, 0.6) is 0 Å². The first-order valence-electron chi connectivity index (χ1n) is 6.50. The van der Waals surface area contributed by atoms with E-state index < -0.39 is 5.60 Å². The number of hydrogen-bond donors (Lipinski definition) is 0. The third-order valence-electron chi connectivity index (χ3n) is 2.68. The number of ketones is 1. The van der Waals surface area contributed by atoms with Crippen molar-refractivity contribution in [1.82, 2.24) is 0 Å². The van der Waals surface area contributed by atoms with Crippen LogP contribution in [0.15, 0.2) is 11.4 Å². The van der Waals surface area contributed by atoms with Crippen LogP contribution in [-0.2, 0) is 16.0 Å². The third-order valence-corrected chi connectivity index (χ3v) is 3.76. The van der Waals surface area contributed by atoms with Gasteiger partial charge in [-0.3, -0.25) is 9.59 Å². The lowest BCUT2D eigenvalue weighted by Crippen LogP contribution is -2.27. The second-order valence-electron chi connectivity index (χ2n) is 5.85. The summed E-state index contributed by atoms with van der Waals surface area (Å²) >= 11 is 1.46. The highest BCUT2D eigenvalue weighted by molar-refractivity contribution is 7.12. The number of carbonyl (C=O) groups is 2. The molecule has 0 amide bonds. The molecule has 1 atom stereocenters. The molecule has 1 rings (SSSR count). The Morgan fingerprint density at radius 2 is 2.00 bits per heavy atom. The van der Waals surface area contributed by atoms with E-state index in [0.717, 1.165) is 23.3 Å². The van der Waals surface area contributed by atoms with Gasteiger partial charge in [-0.1, -0.05) is 6.92 Å². The van der Waals surface area contributed by atoms with Crippen LogP contribution in [-0.4, -0.2) is 17.4 Å². The first-order valence-corrected chi connectivity index (χ1v) is 7.38. The van der Waals surface area contributed by atoms with Crippen molar-refractivity contribution in [1.29, 1.82) is 0 Å². The number of hydrogen-bond acceptors (Lipinski definition) is 4. The molecule has 0 aromatic carbocycles. The maximum atomic E-state index is 11.8. The highest BCUT2D eigenvalue weighted by Crippen LogP contribution is 2.20. The summed E-state index contributed by atoms with van der Waals surface area (Å²) in [6, 6.07) is 1.91. The predicted octanol–water partition coefficient (Wildman–Crippen LogP) is 3.86. The van der Waals surface area contributed by atoms with Gasteiger partial charge in [0.15, 0.2) is 5.78 Å². The summed E-state index contributed by atoms with van der Waals surface area (Å²) in [5.41, 5.74) is 0.681. The van der Waals surface area contributed by atoms with Crippen molar-refractivity contribution < 1.29 is 14.3 Å². The Bertz CT molecular complexity index is 454. The van der Waals surface area contributed by atoms with Gasteiger partial charge in [0.25, 0.3) is 0 Å². The summed E-state index contributed by atoms with van der Waals surface area (Å²) in [4.78, 5) is 23.8. The SMILES string of the molecule is CC(=O)c1cc(CC[C@H](C)C(=O)OC(C)(C)C)cs1. The Morgan fingerprint density at radius 1 is 1.37 bits per heavy atom. The molecule has 0 saturated carbocycles. The van der Waals surface area contributed by atoms with Crippen LogP contribution in [0, 0.1) is 5.92 Å². The monoisotopic (exact) mass is 282 g/mol. The van der Waals surface area contributed by atoms with Crippen molar-refractivity contribution in [2.75, 3.05) is 0 Å². The number of rotatable bonds is 5. The van der Waals surface area contributed by atoms with Gasteiger partial charge in [-0.2, -0.15) is 0 Å². The van der Waals surface area contributed by atoms with Gasteiger partial charge in [0.05, 0.1) is 10.8 Å². The summed E-state index contributed by atoms with van der Waals surface area (Å²) in [6.45, 7) is 9.06. The maximum absolute atomic E-state index is 11.8. The normalized spacial score (nSPS) is 13.1. The van der Waals surface area contributed by atoms with Crippen molar-refractivity contribution in [2.45, 2.75) is 53.1 Å². The molecule has 0 bridgehead atoms. The zero-order chi connectivity index (χ0) is 14.6. The molecule has 0 saturated heterocycles. The second kappa shape index (κ2) is 6.33. The number of aryl methyl sites for hydroxylation is 1. The Kier molecular flexibility index (Phi) is 5.29. The lowest BCUT2D eigenvalue weighted by Gasteiger charge is -2.22. The van der Waals surface area contributed by atoms with E-state index in [9.17, 15) is 9.59 Å². The maximum Gasteiger partial charge on any atom is 0.309 e. The first-order chi connectivity index (χ1) is 8.69. The van der Waals surface area contributed by atoms with Crippen LogP contribution in [0.2, 0.25) is 0 Å². The Balaban J connectivity index is 2.47. The molecule has 0 unspecified atom stereocenters. The highest BCUT2D eigenvalue weighted by atomic mass is 32.1. The number of Topliss-reactive ketones (excluding diaryl/α,β-unsaturated/α-hetero) is 1. The minimum absolute atomic E-state index is 0.0939. The van der Waals surface area contributed by atoms with Crippen molar-refractivity contribution in [3.8, 4) is 0 Å². The van der Waals surface area contributed by atoms with Gasteiger partial charge in [0.2, 0.25) is 0 Å².